The van der Waals surface area contributed by atoms with Crippen LogP contribution >= 0.6 is 11.3 Å². The van der Waals surface area contributed by atoms with Crippen LogP contribution in [-0.4, -0.2) is 35.5 Å². The Kier molecular flexibility index (Phi) is 6.20. The highest BCUT2D eigenvalue weighted by Crippen LogP contribution is 2.44. The van der Waals surface area contributed by atoms with Gasteiger partial charge in [-0.2, -0.15) is 0 Å². The largest absolute Gasteiger partial charge is 0.507 e. The molecular weight excluding hydrogens is 476 g/mol. The van der Waals surface area contributed by atoms with Crippen LogP contribution in [0.15, 0.2) is 72.3 Å². The van der Waals surface area contributed by atoms with Crippen molar-refractivity contribution in [3.63, 3.8) is 0 Å². The zero-order valence-electron chi connectivity index (χ0n) is 20.0. The third-order valence-electron chi connectivity index (χ3n) is 6.03. The lowest BCUT2D eigenvalue weighted by atomic mass is 9.95. The number of ketones is 1. The van der Waals surface area contributed by atoms with Gasteiger partial charge in [0.2, 0.25) is 0 Å². The number of aliphatic hydroxyl groups excluding tert-OH is 1. The number of hydrogen-bond donors (Lipinski definition) is 1. The van der Waals surface area contributed by atoms with Gasteiger partial charge in [0.15, 0.2) is 5.13 Å². The fraction of sp³-hybridized carbons (Fsp3) is 0.179. The summed E-state index contributed by atoms with van der Waals surface area (Å²) in [7, 11) is 1.52. The van der Waals surface area contributed by atoms with E-state index in [1.165, 1.54) is 23.3 Å². The highest BCUT2D eigenvalue weighted by atomic mass is 32.1. The van der Waals surface area contributed by atoms with E-state index in [-0.39, 0.29) is 11.3 Å². The lowest BCUT2D eigenvalue weighted by Gasteiger charge is -2.23. The molecule has 0 unspecified atom stereocenters. The van der Waals surface area contributed by atoms with Crippen molar-refractivity contribution in [2.45, 2.75) is 19.9 Å². The van der Waals surface area contributed by atoms with Crippen molar-refractivity contribution < 1.29 is 24.2 Å². The monoisotopic (exact) mass is 500 g/mol. The summed E-state index contributed by atoms with van der Waals surface area (Å²) in [4.78, 5) is 32.9. The molecule has 1 saturated heterocycles. The number of carbonyl (C=O) groups excluding carboxylic acids is 2. The zero-order chi connectivity index (χ0) is 25.4. The molecule has 1 aromatic heterocycles. The van der Waals surface area contributed by atoms with E-state index in [0.29, 0.717) is 34.4 Å². The topological polar surface area (TPSA) is 89.0 Å². The van der Waals surface area contributed by atoms with Gasteiger partial charge < -0.3 is 14.6 Å². The predicted molar refractivity (Wildman–Crippen MR) is 140 cm³/mol. The van der Waals surface area contributed by atoms with Crippen LogP contribution in [0.1, 0.15) is 29.7 Å². The molecule has 182 valence electrons. The number of ether oxygens (including phenoxy) is 2. The Balaban J connectivity index is 1.70. The maximum Gasteiger partial charge on any atom is 0.301 e. The molecule has 1 amide bonds. The summed E-state index contributed by atoms with van der Waals surface area (Å²) >= 11 is 1.33. The fourth-order valence-corrected chi connectivity index (χ4v) is 5.40. The van der Waals surface area contributed by atoms with E-state index in [4.69, 9.17) is 9.47 Å². The summed E-state index contributed by atoms with van der Waals surface area (Å²) in [6.45, 7) is 4.39. The van der Waals surface area contributed by atoms with E-state index < -0.39 is 17.7 Å². The smallest absolute Gasteiger partial charge is 0.301 e. The Morgan fingerprint density at radius 1 is 1.06 bits per heavy atom. The quantitative estimate of drug-likeness (QED) is 0.209. The number of hydrogen-bond acceptors (Lipinski definition) is 7. The molecule has 4 aromatic rings. The number of fused-ring (bicyclic) bond motifs is 1. The molecular formula is C28H24N2O5S. The number of amides is 1. The molecule has 1 fully saturated rings. The lowest BCUT2D eigenvalue weighted by Crippen LogP contribution is -2.29. The van der Waals surface area contributed by atoms with Gasteiger partial charge in [-0.05, 0) is 61.4 Å². The number of benzene rings is 3. The number of aliphatic hydroxyl groups is 1. The number of thiazole rings is 1. The van der Waals surface area contributed by atoms with E-state index in [0.717, 1.165) is 15.8 Å². The van der Waals surface area contributed by atoms with Gasteiger partial charge in [-0.25, -0.2) is 4.98 Å². The van der Waals surface area contributed by atoms with Gasteiger partial charge in [0.1, 0.15) is 17.3 Å². The number of aromatic nitrogens is 1. The molecule has 2 heterocycles. The highest BCUT2D eigenvalue weighted by molar-refractivity contribution is 7.22. The fourth-order valence-electron chi connectivity index (χ4n) is 4.31. The molecule has 0 spiro atoms. The Hall–Kier alpha value is -4.17. The van der Waals surface area contributed by atoms with E-state index in [1.807, 2.05) is 32.0 Å². The van der Waals surface area contributed by atoms with Gasteiger partial charge in [-0.3, -0.25) is 14.5 Å². The lowest BCUT2D eigenvalue weighted by molar-refractivity contribution is -0.132. The Bertz CT molecular complexity index is 1510. The third kappa shape index (κ3) is 4.09. The van der Waals surface area contributed by atoms with Crippen LogP contribution < -0.4 is 14.4 Å². The summed E-state index contributed by atoms with van der Waals surface area (Å²) < 4.78 is 11.8. The van der Waals surface area contributed by atoms with Gasteiger partial charge in [-0.1, -0.05) is 41.7 Å². The first-order chi connectivity index (χ1) is 17.4. The van der Waals surface area contributed by atoms with Gasteiger partial charge in [0, 0.05) is 5.56 Å². The predicted octanol–water partition coefficient (Wildman–Crippen LogP) is 5.64. The number of carbonyl (C=O) groups is 2. The van der Waals surface area contributed by atoms with Gasteiger partial charge in [-0.15, -0.1) is 0 Å². The summed E-state index contributed by atoms with van der Waals surface area (Å²) in [5.74, 6) is -0.599. The van der Waals surface area contributed by atoms with Crippen LogP contribution in [-0.2, 0) is 9.59 Å². The normalized spacial score (nSPS) is 17.1. The van der Waals surface area contributed by atoms with Crippen LogP contribution in [0.2, 0.25) is 0 Å². The Morgan fingerprint density at radius 2 is 1.83 bits per heavy atom. The number of nitrogens with zero attached hydrogens (tertiary/aromatic N) is 2. The molecule has 8 heteroatoms. The van der Waals surface area contributed by atoms with E-state index in [1.54, 1.807) is 48.5 Å². The van der Waals surface area contributed by atoms with Crippen LogP contribution in [0, 0.1) is 6.92 Å². The second kappa shape index (κ2) is 9.47. The van der Waals surface area contributed by atoms with Crippen LogP contribution in [0.3, 0.4) is 0 Å². The molecule has 1 aliphatic rings. The Labute approximate surface area is 212 Å². The van der Waals surface area contributed by atoms with Crippen molar-refractivity contribution >= 4 is 44.1 Å². The standard InChI is InChI=1S/C28H24N2O5S/c1-4-35-19-11-9-17(10-12-19)24-23(25(31)18-6-5-7-20(15-18)34-3)26(32)27(33)30(24)28-29-21-13-8-16(2)14-22(21)36-28/h5-15,24,31H,4H2,1-3H3/t24-/m1/s1. The number of Topliss-reactive ketones (excluding diaryl/α,β-unsaturated/α-hetero) is 1. The van der Waals surface area contributed by atoms with Crippen molar-refractivity contribution in [3.05, 3.63) is 89.0 Å². The number of anilines is 1. The first kappa shape index (κ1) is 23.6. The van der Waals surface area contributed by atoms with E-state index in [2.05, 4.69) is 4.98 Å². The second-order valence-electron chi connectivity index (χ2n) is 8.37. The minimum absolute atomic E-state index is 0.00662. The molecule has 1 N–H and O–H groups in total. The molecule has 1 aliphatic heterocycles. The van der Waals surface area contributed by atoms with Crippen molar-refractivity contribution in [1.29, 1.82) is 0 Å². The molecule has 5 rings (SSSR count). The molecule has 1 atom stereocenters. The molecule has 0 aliphatic carbocycles. The summed E-state index contributed by atoms with van der Waals surface area (Å²) in [5, 5.41) is 11.7. The Morgan fingerprint density at radius 3 is 2.56 bits per heavy atom. The zero-order valence-corrected chi connectivity index (χ0v) is 20.8. The van der Waals surface area contributed by atoms with Gasteiger partial charge >= 0.3 is 5.91 Å². The summed E-state index contributed by atoms with van der Waals surface area (Å²) in [6, 6.07) is 18.9. The van der Waals surface area contributed by atoms with Crippen LogP contribution in [0.25, 0.3) is 16.0 Å². The minimum Gasteiger partial charge on any atom is -0.507 e. The second-order valence-corrected chi connectivity index (χ2v) is 9.38. The van der Waals surface area contributed by atoms with Crippen molar-refractivity contribution in [2.24, 2.45) is 0 Å². The van der Waals surface area contributed by atoms with Crippen LogP contribution in [0.5, 0.6) is 11.5 Å². The number of methoxy groups -OCH3 is 1. The number of aryl methyl sites for hydroxylation is 1. The van der Waals surface area contributed by atoms with Crippen LogP contribution in [0.4, 0.5) is 5.13 Å². The summed E-state index contributed by atoms with van der Waals surface area (Å²) in [6.07, 6.45) is 0. The van der Waals surface area contributed by atoms with Crippen molar-refractivity contribution in [1.82, 2.24) is 4.98 Å². The highest BCUT2D eigenvalue weighted by Gasteiger charge is 2.48. The third-order valence-corrected chi connectivity index (χ3v) is 7.05. The van der Waals surface area contributed by atoms with Gasteiger partial charge in [0.25, 0.3) is 5.78 Å². The molecule has 36 heavy (non-hydrogen) atoms. The minimum atomic E-state index is -0.867. The van der Waals surface area contributed by atoms with Gasteiger partial charge in [0.05, 0.1) is 35.5 Å². The first-order valence-electron chi connectivity index (χ1n) is 11.5. The molecule has 0 radical (unpaired) electrons. The molecule has 0 bridgehead atoms. The maximum absolute atomic E-state index is 13.4. The SMILES string of the molecule is CCOc1ccc([C@@H]2C(=C(O)c3cccc(OC)c3)C(=O)C(=O)N2c2nc3ccc(C)cc3s2)cc1. The average molecular weight is 501 g/mol. The maximum atomic E-state index is 13.4. The van der Waals surface area contributed by atoms with E-state index >= 15 is 0 Å². The summed E-state index contributed by atoms with van der Waals surface area (Å²) in [5.41, 5.74) is 2.83. The van der Waals surface area contributed by atoms with Crippen molar-refractivity contribution in [3.8, 4) is 11.5 Å². The number of rotatable bonds is 6. The molecule has 0 saturated carbocycles. The molecule has 7 nitrogen and oxygen atoms in total. The molecule has 3 aromatic carbocycles. The average Bonchev–Trinajstić information content (AvgIpc) is 3.42. The first-order valence-corrected chi connectivity index (χ1v) is 12.3. The van der Waals surface area contributed by atoms with Crippen molar-refractivity contribution in [2.75, 3.05) is 18.6 Å². The van der Waals surface area contributed by atoms with E-state index in [9.17, 15) is 14.7 Å².